The number of carbonyl (C=O) groups is 1. The van der Waals surface area contributed by atoms with Gasteiger partial charge in [-0.15, -0.1) is 0 Å². The van der Waals surface area contributed by atoms with Gasteiger partial charge in [0, 0.05) is 38.8 Å². The van der Waals surface area contributed by atoms with E-state index in [9.17, 15) is 4.79 Å². The van der Waals surface area contributed by atoms with Crippen LogP contribution in [0.4, 0.5) is 5.82 Å². The zero-order valence-electron chi connectivity index (χ0n) is 13.1. The molecular formula is C15H24N4O2. The number of piperazine rings is 1. The van der Waals surface area contributed by atoms with Crippen LogP contribution >= 0.6 is 0 Å². The van der Waals surface area contributed by atoms with Crippen molar-refractivity contribution in [1.82, 2.24) is 15.0 Å². The van der Waals surface area contributed by atoms with E-state index in [0.29, 0.717) is 18.1 Å². The molecule has 0 saturated carbocycles. The van der Waals surface area contributed by atoms with Crippen LogP contribution < -0.4 is 5.32 Å². The lowest BCUT2D eigenvalue weighted by atomic mass is 10.2. The van der Waals surface area contributed by atoms with Gasteiger partial charge in [0.05, 0.1) is 6.54 Å². The maximum atomic E-state index is 11.9. The number of anilines is 1. The maximum absolute atomic E-state index is 11.9. The number of hydrogen-bond donors (Lipinski definition) is 1. The number of allylic oxidation sites excluding steroid dienone is 1. The Morgan fingerprint density at radius 3 is 2.57 bits per heavy atom. The first-order valence-corrected chi connectivity index (χ1v) is 7.34. The van der Waals surface area contributed by atoms with Gasteiger partial charge in [0.15, 0.2) is 5.82 Å². The molecule has 6 heteroatoms. The minimum absolute atomic E-state index is 0.0407. The van der Waals surface area contributed by atoms with Crippen LogP contribution in [0.2, 0.25) is 0 Å². The number of nitrogens with zero attached hydrogens (tertiary/aromatic N) is 3. The summed E-state index contributed by atoms with van der Waals surface area (Å²) >= 11 is 0. The Kier molecular flexibility index (Phi) is 5.52. The van der Waals surface area contributed by atoms with Crippen molar-refractivity contribution in [2.75, 3.05) is 44.6 Å². The summed E-state index contributed by atoms with van der Waals surface area (Å²) in [5.74, 6) is 1.14. The molecule has 1 aliphatic rings. The number of aromatic nitrogens is 1. The van der Waals surface area contributed by atoms with Crippen LogP contribution in [0.1, 0.15) is 19.6 Å². The summed E-state index contributed by atoms with van der Waals surface area (Å²) in [6.45, 7) is 11.3. The van der Waals surface area contributed by atoms with Gasteiger partial charge in [0.25, 0.3) is 0 Å². The molecule has 6 nitrogen and oxygen atoms in total. The molecule has 1 aromatic heterocycles. The Morgan fingerprint density at radius 1 is 1.33 bits per heavy atom. The predicted octanol–water partition coefficient (Wildman–Crippen LogP) is 1.51. The molecular weight excluding hydrogens is 268 g/mol. The van der Waals surface area contributed by atoms with Crippen LogP contribution in [0.25, 0.3) is 0 Å². The van der Waals surface area contributed by atoms with Crippen LogP contribution in [-0.2, 0) is 4.79 Å². The van der Waals surface area contributed by atoms with Gasteiger partial charge in [-0.1, -0.05) is 16.8 Å². The summed E-state index contributed by atoms with van der Waals surface area (Å²) in [5, 5.41) is 6.51. The molecule has 116 valence electrons. The molecule has 0 radical (unpaired) electrons. The van der Waals surface area contributed by atoms with Gasteiger partial charge in [0.1, 0.15) is 5.76 Å². The third-order valence-electron chi connectivity index (χ3n) is 3.49. The second kappa shape index (κ2) is 7.38. The fourth-order valence-corrected chi connectivity index (χ4v) is 2.25. The van der Waals surface area contributed by atoms with E-state index in [1.165, 1.54) is 5.57 Å². The smallest absolute Gasteiger partial charge is 0.239 e. The van der Waals surface area contributed by atoms with Gasteiger partial charge in [-0.2, -0.15) is 0 Å². The zero-order valence-corrected chi connectivity index (χ0v) is 13.1. The summed E-state index contributed by atoms with van der Waals surface area (Å²) in [5.41, 5.74) is 1.35. The molecule has 1 saturated heterocycles. The van der Waals surface area contributed by atoms with Crippen molar-refractivity contribution >= 4 is 11.7 Å². The summed E-state index contributed by atoms with van der Waals surface area (Å²) in [6, 6.07) is 1.72. The quantitative estimate of drug-likeness (QED) is 0.834. The summed E-state index contributed by atoms with van der Waals surface area (Å²) in [7, 11) is 0. The highest BCUT2D eigenvalue weighted by Gasteiger charge is 2.18. The Balaban J connectivity index is 1.70. The third kappa shape index (κ3) is 5.32. The Hall–Kier alpha value is -1.66. The average molecular weight is 292 g/mol. The number of rotatable bonds is 5. The van der Waals surface area contributed by atoms with E-state index in [-0.39, 0.29) is 5.91 Å². The second-order valence-corrected chi connectivity index (χ2v) is 5.73. The Morgan fingerprint density at radius 2 is 2.00 bits per heavy atom. The SMILES string of the molecule is CC(C)=CCN1CCN(CC(=O)Nc2cc(C)on2)CC1. The van der Waals surface area contributed by atoms with Crippen molar-refractivity contribution in [3.8, 4) is 0 Å². The summed E-state index contributed by atoms with van der Waals surface area (Å²) in [4.78, 5) is 16.5. The van der Waals surface area contributed by atoms with Crippen molar-refractivity contribution < 1.29 is 9.32 Å². The first-order valence-electron chi connectivity index (χ1n) is 7.34. The van der Waals surface area contributed by atoms with Crippen molar-refractivity contribution in [2.45, 2.75) is 20.8 Å². The van der Waals surface area contributed by atoms with E-state index in [4.69, 9.17) is 4.52 Å². The molecule has 0 unspecified atom stereocenters. The second-order valence-electron chi connectivity index (χ2n) is 5.73. The molecule has 0 bridgehead atoms. The van der Waals surface area contributed by atoms with Gasteiger partial charge in [-0.25, -0.2) is 0 Å². The molecule has 21 heavy (non-hydrogen) atoms. The van der Waals surface area contributed by atoms with Gasteiger partial charge in [-0.05, 0) is 20.8 Å². The minimum atomic E-state index is -0.0407. The van der Waals surface area contributed by atoms with Crippen LogP contribution in [-0.4, -0.2) is 60.1 Å². The van der Waals surface area contributed by atoms with Gasteiger partial charge in [-0.3, -0.25) is 14.6 Å². The Bertz CT molecular complexity index is 498. The first kappa shape index (κ1) is 15.7. The number of hydrogen-bond acceptors (Lipinski definition) is 5. The lowest BCUT2D eigenvalue weighted by Crippen LogP contribution is -2.48. The topological polar surface area (TPSA) is 61.6 Å². The monoisotopic (exact) mass is 292 g/mol. The van der Waals surface area contributed by atoms with E-state index in [1.54, 1.807) is 13.0 Å². The van der Waals surface area contributed by atoms with Crippen LogP contribution in [0, 0.1) is 6.92 Å². The van der Waals surface area contributed by atoms with Crippen molar-refractivity contribution in [3.63, 3.8) is 0 Å². The summed E-state index contributed by atoms with van der Waals surface area (Å²) < 4.78 is 4.93. The third-order valence-corrected chi connectivity index (χ3v) is 3.49. The van der Waals surface area contributed by atoms with Crippen LogP contribution in [0.15, 0.2) is 22.2 Å². The zero-order chi connectivity index (χ0) is 15.2. The van der Waals surface area contributed by atoms with E-state index in [0.717, 1.165) is 32.7 Å². The Labute approximate surface area is 125 Å². The van der Waals surface area contributed by atoms with E-state index < -0.39 is 0 Å². The molecule has 2 rings (SSSR count). The van der Waals surface area contributed by atoms with E-state index >= 15 is 0 Å². The van der Waals surface area contributed by atoms with Gasteiger partial charge >= 0.3 is 0 Å². The lowest BCUT2D eigenvalue weighted by Gasteiger charge is -2.33. The lowest BCUT2D eigenvalue weighted by molar-refractivity contribution is -0.117. The fraction of sp³-hybridized carbons (Fsp3) is 0.600. The first-order chi connectivity index (χ1) is 10.0. The minimum Gasteiger partial charge on any atom is -0.360 e. The number of carbonyl (C=O) groups excluding carboxylic acids is 1. The van der Waals surface area contributed by atoms with Crippen molar-refractivity contribution in [2.24, 2.45) is 0 Å². The van der Waals surface area contributed by atoms with Gasteiger partial charge in [0.2, 0.25) is 5.91 Å². The molecule has 1 amide bonds. The highest BCUT2D eigenvalue weighted by molar-refractivity contribution is 5.91. The number of aryl methyl sites for hydroxylation is 1. The average Bonchev–Trinajstić information content (AvgIpc) is 2.83. The van der Waals surface area contributed by atoms with Crippen molar-refractivity contribution in [1.29, 1.82) is 0 Å². The predicted molar refractivity (Wildman–Crippen MR) is 82.2 cm³/mol. The fourth-order valence-electron chi connectivity index (χ4n) is 2.25. The van der Waals surface area contributed by atoms with Crippen LogP contribution in [0.5, 0.6) is 0 Å². The van der Waals surface area contributed by atoms with E-state index in [1.807, 2.05) is 0 Å². The molecule has 0 aliphatic carbocycles. The van der Waals surface area contributed by atoms with Gasteiger partial charge < -0.3 is 9.84 Å². The van der Waals surface area contributed by atoms with E-state index in [2.05, 4.69) is 40.2 Å². The molecule has 2 heterocycles. The number of nitrogens with one attached hydrogen (secondary N) is 1. The largest absolute Gasteiger partial charge is 0.360 e. The molecule has 0 atom stereocenters. The molecule has 0 spiro atoms. The molecule has 0 aromatic carbocycles. The van der Waals surface area contributed by atoms with Crippen molar-refractivity contribution in [3.05, 3.63) is 23.5 Å². The highest BCUT2D eigenvalue weighted by Crippen LogP contribution is 2.08. The maximum Gasteiger partial charge on any atom is 0.239 e. The molecule has 1 aromatic rings. The molecule has 1 N–H and O–H groups in total. The molecule has 1 fully saturated rings. The highest BCUT2D eigenvalue weighted by atomic mass is 16.5. The molecule has 1 aliphatic heterocycles. The number of amides is 1. The normalized spacial score (nSPS) is 16.7. The summed E-state index contributed by atoms with van der Waals surface area (Å²) in [6.07, 6.45) is 2.25. The van der Waals surface area contributed by atoms with Crippen LogP contribution in [0.3, 0.4) is 0 Å². The standard InChI is InChI=1S/C15H24N4O2/c1-12(2)4-5-18-6-8-19(9-7-18)11-15(20)16-14-10-13(3)21-17-14/h4,10H,5-9,11H2,1-3H3,(H,16,17,20).